The Kier molecular flexibility index (Phi) is 7.64. The molecule has 0 bridgehead atoms. The topological polar surface area (TPSA) is 57.8 Å². The number of halogens is 1. The highest BCUT2D eigenvalue weighted by molar-refractivity contribution is 5.38. The zero-order valence-electron chi connectivity index (χ0n) is 16.3. The molecule has 2 aliphatic heterocycles. The molecule has 0 radical (unpaired) electrons. The molecule has 2 saturated heterocycles. The van der Waals surface area contributed by atoms with Gasteiger partial charge in [-0.3, -0.25) is 9.68 Å². The fourth-order valence-corrected chi connectivity index (χ4v) is 4.02. The number of piperidine rings is 1. The van der Waals surface area contributed by atoms with E-state index < -0.39 is 0 Å². The van der Waals surface area contributed by atoms with Crippen LogP contribution in [0.15, 0.2) is 41.1 Å². The first-order valence-corrected chi connectivity index (χ1v) is 10.0. The third-order valence-corrected chi connectivity index (χ3v) is 5.59. The van der Waals surface area contributed by atoms with Crippen LogP contribution in [0.25, 0.3) is 0 Å². The molecule has 0 aromatic carbocycles. The van der Waals surface area contributed by atoms with E-state index in [1.807, 2.05) is 0 Å². The smallest absolute Gasteiger partial charge is 0.152 e. The van der Waals surface area contributed by atoms with Crippen LogP contribution in [0.4, 0.5) is 4.39 Å². The van der Waals surface area contributed by atoms with Gasteiger partial charge in [-0.2, -0.15) is 0 Å². The number of nitrogens with one attached hydrogen (secondary N) is 3. The molecule has 0 saturated carbocycles. The second-order valence-electron chi connectivity index (χ2n) is 7.23. The van der Waals surface area contributed by atoms with E-state index in [0.29, 0.717) is 24.8 Å². The molecule has 0 spiro atoms. The zero-order valence-corrected chi connectivity index (χ0v) is 16.3. The van der Waals surface area contributed by atoms with E-state index in [9.17, 15) is 4.39 Å². The van der Waals surface area contributed by atoms with Gasteiger partial charge in [-0.05, 0) is 62.4 Å². The van der Waals surface area contributed by atoms with Gasteiger partial charge in [0.25, 0.3) is 0 Å². The van der Waals surface area contributed by atoms with Crippen LogP contribution in [0.1, 0.15) is 46.0 Å². The molecule has 150 valence electrons. The lowest BCUT2D eigenvalue weighted by atomic mass is 9.87. The standard InChI is InChI=1S/C20H31FN4O2/c1-3-17(4-2)25-11-8-15(9-12-25)18-7-5-6-16(14-19(18)21)22-20-10-13-26-23-24-27-20/h6-7,14-15,17,20,22-24H,3-4,8-13H2,1-2H3. The summed E-state index contributed by atoms with van der Waals surface area (Å²) in [7, 11) is 0. The summed E-state index contributed by atoms with van der Waals surface area (Å²) in [6, 6.07) is 0.650. The van der Waals surface area contributed by atoms with Crippen molar-refractivity contribution >= 4 is 0 Å². The lowest BCUT2D eigenvalue weighted by Crippen LogP contribution is -2.41. The van der Waals surface area contributed by atoms with Crippen molar-refractivity contribution in [1.29, 1.82) is 0 Å². The van der Waals surface area contributed by atoms with Gasteiger partial charge in [0.05, 0.1) is 6.61 Å². The predicted molar refractivity (Wildman–Crippen MR) is 102 cm³/mol. The fraction of sp³-hybridized carbons (Fsp3) is 0.650. The molecular formula is C20H31FN4O2. The molecule has 0 amide bonds. The molecule has 7 heteroatoms. The second-order valence-corrected chi connectivity index (χ2v) is 7.23. The van der Waals surface area contributed by atoms with Crippen LogP contribution >= 0.6 is 0 Å². The Morgan fingerprint density at radius 2 is 2.00 bits per heavy atom. The molecule has 3 N–H and O–H groups in total. The number of rotatable bonds is 6. The van der Waals surface area contributed by atoms with Crippen molar-refractivity contribution in [2.45, 2.75) is 58.2 Å². The molecule has 6 nitrogen and oxygen atoms in total. The summed E-state index contributed by atoms with van der Waals surface area (Å²) < 4.78 is 14.9. The van der Waals surface area contributed by atoms with E-state index >= 15 is 0 Å². The van der Waals surface area contributed by atoms with Gasteiger partial charge in [0, 0.05) is 24.2 Å². The van der Waals surface area contributed by atoms with Crippen LogP contribution in [0.2, 0.25) is 0 Å². The van der Waals surface area contributed by atoms with Crippen molar-refractivity contribution in [3.63, 3.8) is 0 Å². The molecule has 2 heterocycles. The first-order chi connectivity index (χ1) is 13.2. The van der Waals surface area contributed by atoms with E-state index in [1.165, 1.54) is 12.8 Å². The van der Waals surface area contributed by atoms with Gasteiger partial charge >= 0.3 is 0 Å². The van der Waals surface area contributed by atoms with Gasteiger partial charge in [-0.25, -0.2) is 4.39 Å². The summed E-state index contributed by atoms with van der Waals surface area (Å²) in [5, 5.41) is 3.16. The van der Waals surface area contributed by atoms with E-state index in [2.05, 4.69) is 41.0 Å². The SMILES string of the molecule is CCC(CC)N1CCC(C2=C(F)C=C(NC3CCONNO3)C=C=C2)CC1. The van der Waals surface area contributed by atoms with Crippen molar-refractivity contribution in [3.8, 4) is 0 Å². The predicted octanol–water partition coefficient (Wildman–Crippen LogP) is 3.00. The fourth-order valence-electron chi connectivity index (χ4n) is 4.02. The first kappa shape index (κ1) is 20.3. The van der Waals surface area contributed by atoms with Crippen LogP contribution in [0.3, 0.4) is 0 Å². The molecule has 27 heavy (non-hydrogen) atoms. The molecule has 3 rings (SSSR count). The van der Waals surface area contributed by atoms with Crippen molar-refractivity contribution < 1.29 is 14.1 Å². The molecule has 1 atom stereocenters. The van der Waals surface area contributed by atoms with E-state index in [-0.39, 0.29) is 18.0 Å². The third kappa shape index (κ3) is 5.51. The summed E-state index contributed by atoms with van der Waals surface area (Å²) in [5.74, 6) is 0.0659. The van der Waals surface area contributed by atoms with Gasteiger partial charge < -0.3 is 10.2 Å². The highest BCUT2D eigenvalue weighted by atomic mass is 19.1. The maximum atomic E-state index is 14.9. The number of hydrogen-bond acceptors (Lipinski definition) is 6. The lowest BCUT2D eigenvalue weighted by molar-refractivity contribution is -0.101. The van der Waals surface area contributed by atoms with Crippen LogP contribution in [0.5, 0.6) is 0 Å². The molecule has 0 aromatic rings. The Bertz CT molecular complexity index is 607. The Morgan fingerprint density at radius 1 is 1.22 bits per heavy atom. The summed E-state index contributed by atoms with van der Waals surface area (Å²) in [4.78, 5) is 12.9. The molecular weight excluding hydrogens is 347 g/mol. The summed E-state index contributed by atoms with van der Waals surface area (Å²) in [6.07, 6.45) is 9.75. The minimum atomic E-state index is -0.318. The maximum absolute atomic E-state index is 14.9. The Morgan fingerprint density at radius 3 is 2.74 bits per heavy atom. The van der Waals surface area contributed by atoms with Gasteiger partial charge in [-0.1, -0.05) is 13.8 Å². The summed E-state index contributed by atoms with van der Waals surface area (Å²) in [6.45, 7) is 7.05. The van der Waals surface area contributed by atoms with E-state index in [0.717, 1.165) is 31.5 Å². The number of allylic oxidation sites excluding steroid dienone is 4. The molecule has 1 unspecified atom stereocenters. The summed E-state index contributed by atoms with van der Waals surface area (Å²) in [5.41, 5.74) is 9.46. The van der Waals surface area contributed by atoms with Gasteiger partial charge in [-0.15, -0.1) is 16.9 Å². The maximum Gasteiger partial charge on any atom is 0.152 e. The largest absolute Gasteiger partial charge is 0.358 e. The molecule has 3 aliphatic rings. The number of likely N-dealkylation sites (tertiary alicyclic amines) is 1. The van der Waals surface area contributed by atoms with Gasteiger partial charge in [0.15, 0.2) is 6.23 Å². The minimum absolute atomic E-state index is 0.185. The average molecular weight is 378 g/mol. The van der Waals surface area contributed by atoms with E-state index in [1.54, 1.807) is 18.2 Å². The zero-order chi connectivity index (χ0) is 19.1. The number of hydrogen-bond donors (Lipinski definition) is 3. The Balaban J connectivity index is 1.63. The quantitative estimate of drug-likeness (QED) is 0.618. The lowest BCUT2D eigenvalue weighted by Gasteiger charge is -2.37. The van der Waals surface area contributed by atoms with Crippen molar-refractivity contribution in [1.82, 2.24) is 21.4 Å². The highest BCUT2D eigenvalue weighted by Gasteiger charge is 2.26. The second kappa shape index (κ2) is 10.2. The van der Waals surface area contributed by atoms with Gasteiger partial charge in [0.2, 0.25) is 0 Å². The summed E-state index contributed by atoms with van der Waals surface area (Å²) >= 11 is 0. The van der Waals surface area contributed by atoms with Crippen LogP contribution in [-0.2, 0) is 9.68 Å². The van der Waals surface area contributed by atoms with Crippen LogP contribution in [-0.4, -0.2) is 36.9 Å². The Labute approximate surface area is 161 Å². The number of hydrazine groups is 1. The minimum Gasteiger partial charge on any atom is -0.358 e. The van der Waals surface area contributed by atoms with E-state index in [4.69, 9.17) is 9.68 Å². The first-order valence-electron chi connectivity index (χ1n) is 10.0. The highest BCUT2D eigenvalue weighted by Crippen LogP contribution is 2.31. The molecule has 2 fully saturated rings. The van der Waals surface area contributed by atoms with Crippen molar-refractivity contribution in [2.75, 3.05) is 19.7 Å². The van der Waals surface area contributed by atoms with Crippen LogP contribution in [0, 0.1) is 5.92 Å². The van der Waals surface area contributed by atoms with Crippen molar-refractivity contribution in [2.24, 2.45) is 5.92 Å². The molecule has 1 aliphatic carbocycles. The average Bonchev–Trinajstić information content (AvgIpc) is 3.04. The number of nitrogens with zero attached hydrogens (tertiary/aromatic N) is 1. The van der Waals surface area contributed by atoms with Gasteiger partial charge in [0.1, 0.15) is 5.83 Å². The Hall–Kier alpha value is -1.47. The van der Waals surface area contributed by atoms with Crippen LogP contribution < -0.4 is 16.5 Å². The van der Waals surface area contributed by atoms with Crippen molar-refractivity contribution in [3.05, 3.63) is 41.1 Å². The molecule has 0 aromatic heterocycles. The third-order valence-electron chi connectivity index (χ3n) is 5.59. The monoisotopic (exact) mass is 378 g/mol. The normalized spacial score (nSPS) is 25.5.